The molecule has 2 saturated carbocycles. The first-order valence-electron chi connectivity index (χ1n) is 10.8. The van der Waals surface area contributed by atoms with Gasteiger partial charge in [-0.05, 0) is 52.6 Å². The van der Waals surface area contributed by atoms with E-state index in [2.05, 4.69) is 26.9 Å². The summed E-state index contributed by atoms with van der Waals surface area (Å²) >= 11 is 0. The number of hydrogen-bond acceptors (Lipinski definition) is 4. The molecule has 2 rings (SSSR count). The molecule has 156 valence electrons. The molecule has 0 radical (unpaired) electrons. The molecule has 2 aliphatic carbocycles. The van der Waals surface area contributed by atoms with Gasteiger partial charge in [0.15, 0.2) is 0 Å². The molecule has 0 aliphatic heterocycles. The van der Waals surface area contributed by atoms with E-state index in [-0.39, 0.29) is 0 Å². The molecule has 26 heavy (non-hydrogen) atoms. The Morgan fingerprint density at radius 2 is 0.962 bits per heavy atom. The zero-order valence-corrected chi connectivity index (χ0v) is 20.3. The highest BCUT2D eigenvalue weighted by Crippen LogP contribution is 2.38. The second-order valence-corrected chi connectivity index (χ2v) is 15.1. The third-order valence-electron chi connectivity index (χ3n) is 6.37. The van der Waals surface area contributed by atoms with Gasteiger partial charge in [-0.25, -0.2) is 0 Å². The Labute approximate surface area is 164 Å². The van der Waals surface area contributed by atoms with Crippen molar-refractivity contribution >= 4 is 17.1 Å². The molecule has 0 aromatic carbocycles. The lowest BCUT2D eigenvalue weighted by Crippen LogP contribution is -2.44. The first-order valence-corrected chi connectivity index (χ1v) is 15.6. The van der Waals surface area contributed by atoms with Gasteiger partial charge in [0.1, 0.15) is 0 Å². The second-order valence-electron chi connectivity index (χ2n) is 7.98. The topological polar surface area (TPSA) is 36.9 Å². The van der Waals surface area contributed by atoms with Gasteiger partial charge >= 0.3 is 17.1 Å². The summed E-state index contributed by atoms with van der Waals surface area (Å²) in [7, 11) is -0.0532. The molecular formula is C20H44O4Si2. The highest BCUT2D eigenvalue weighted by Gasteiger charge is 2.41. The molecule has 0 aromatic rings. The third kappa shape index (κ3) is 7.36. The lowest BCUT2D eigenvalue weighted by atomic mass is 10.0. The fraction of sp³-hybridized carbons (Fsp3) is 1.00. The van der Waals surface area contributed by atoms with E-state index in [9.17, 15) is 0 Å². The summed E-state index contributed by atoms with van der Waals surface area (Å²) in [6, 6.07) is 0. The Kier molecular flexibility index (Phi) is 11.9. The zero-order valence-electron chi connectivity index (χ0n) is 18.3. The van der Waals surface area contributed by atoms with E-state index < -0.39 is 17.1 Å². The van der Waals surface area contributed by atoms with E-state index in [0.29, 0.717) is 0 Å². The average Bonchev–Trinajstić information content (AvgIpc) is 2.69. The van der Waals surface area contributed by atoms with E-state index in [1.807, 2.05) is 0 Å². The minimum absolute atomic E-state index is 0.723. The highest BCUT2D eigenvalue weighted by molar-refractivity contribution is 6.68. The molecule has 2 aliphatic rings. The molecule has 4 nitrogen and oxygen atoms in total. The summed E-state index contributed by atoms with van der Waals surface area (Å²) < 4.78 is 22.9. The fourth-order valence-corrected chi connectivity index (χ4v) is 9.97. The summed E-state index contributed by atoms with van der Waals surface area (Å²) in [4.78, 5) is 0. The molecule has 0 aromatic heterocycles. The van der Waals surface area contributed by atoms with Gasteiger partial charge in [0, 0.05) is 38.5 Å². The monoisotopic (exact) mass is 404 g/mol. The summed E-state index contributed by atoms with van der Waals surface area (Å²) in [5.74, 6) is 0. The summed E-state index contributed by atoms with van der Waals surface area (Å²) in [6.07, 6.45) is 13.5. The number of hydrogen-bond donors (Lipinski definition) is 0. The largest absolute Gasteiger partial charge is 0.398 e. The molecule has 0 bridgehead atoms. The Morgan fingerprint density at radius 3 is 1.27 bits per heavy atom. The van der Waals surface area contributed by atoms with Crippen molar-refractivity contribution in [2.24, 2.45) is 0 Å². The minimum Gasteiger partial charge on any atom is -0.398 e. The maximum atomic E-state index is 5.93. The molecule has 0 spiro atoms. The third-order valence-corrected chi connectivity index (χ3v) is 13.8. The number of rotatable bonds is 8. The first-order chi connectivity index (χ1) is 12.5. The normalized spacial score (nSPS) is 20.5. The summed E-state index contributed by atoms with van der Waals surface area (Å²) in [5, 5.41) is 0. The molecule has 0 saturated heterocycles. The van der Waals surface area contributed by atoms with Gasteiger partial charge in [0.2, 0.25) is 0 Å². The second kappa shape index (κ2) is 12.7. The van der Waals surface area contributed by atoms with Gasteiger partial charge in [-0.3, -0.25) is 0 Å². The predicted molar refractivity (Wildman–Crippen MR) is 114 cm³/mol. The van der Waals surface area contributed by atoms with Crippen molar-refractivity contribution in [2.45, 2.75) is 102 Å². The van der Waals surface area contributed by atoms with Gasteiger partial charge in [-0.2, -0.15) is 0 Å². The van der Waals surface area contributed by atoms with Crippen LogP contribution in [-0.2, 0) is 17.7 Å². The van der Waals surface area contributed by atoms with Crippen LogP contribution in [0.15, 0.2) is 0 Å². The Bertz CT molecular complexity index is 346. The fourth-order valence-electron chi connectivity index (χ4n) is 4.52. The van der Waals surface area contributed by atoms with Crippen molar-refractivity contribution in [3.63, 3.8) is 0 Å². The Balaban J connectivity index is 0.000000263. The van der Waals surface area contributed by atoms with Gasteiger partial charge in [-0.1, -0.05) is 38.5 Å². The highest BCUT2D eigenvalue weighted by atomic mass is 28.4. The lowest BCUT2D eigenvalue weighted by molar-refractivity contribution is 0.171. The maximum absolute atomic E-state index is 5.93. The van der Waals surface area contributed by atoms with E-state index in [1.165, 1.54) is 64.2 Å². The predicted octanol–water partition coefficient (Wildman–Crippen LogP) is 6.15. The van der Waals surface area contributed by atoms with Gasteiger partial charge in [0.25, 0.3) is 0 Å². The van der Waals surface area contributed by atoms with Crippen LogP contribution < -0.4 is 0 Å². The maximum Gasteiger partial charge on any atom is 0.338 e. The molecule has 6 heteroatoms. The van der Waals surface area contributed by atoms with E-state index in [1.54, 1.807) is 14.2 Å². The van der Waals surface area contributed by atoms with Crippen molar-refractivity contribution in [3.05, 3.63) is 0 Å². The van der Waals surface area contributed by atoms with Crippen molar-refractivity contribution in [2.75, 3.05) is 27.4 Å². The zero-order chi connectivity index (χ0) is 19.5. The molecule has 0 N–H and O–H groups in total. The van der Waals surface area contributed by atoms with Crippen LogP contribution in [0, 0.1) is 0 Å². The van der Waals surface area contributed by atoms with Crippen LogP contribution in [0.25, 0.3) is 0 Å². The molecule has 0 atom stereocenters. The Hall–Kier alpha value is 0.274. The quantitative estimate of drug-likeness (QED) is 0.454. The van der Waals surface area contributed by atoms with E-state index in [0.717, 1.165) is 24.3 Å². The van der Waals surface area contributed by atoms with Crippen molar-refractivity contribution in [1.29, 1.82) is 0 Å². The van der Waals surface area contributed by atoms with Gasteiger partial charge in [0.05, 0.1) is 0 Å². The lowest BCUT2D eigenvalue weighted by Gasteiger charge is -2.36. The molecule has 0 unspecified atom stereocenters. The van der Waals surface area contributed by atoms with Crippen LogP contribution in [0.1, 0.15) is 78.1 Å². The Morgan fingerprint density at radius 1 is 0.615 bits per heavy atom. The van der Waals surface area contributed by atoms with Crippen molar-refractivity contribution in [3.8, 4) is 0 Å². The first kappa shape index (κ1) is 24.3. The summed E-state index contributed by atoms with van der Waals surface area (Å²) in [6.45, 7) is 10.2. The van der Waals surface area contributed by atoms with E-state index in [4.69, 9.17) is 17.7 Å². The minimum atomic E-state index is -1.85. The van der Waals surface area contributed by atoms with E-state index >= 15 is 0 Å². The molecule has 2 fully saturated rings. The average molecular weight is 405 g/mol. The van der Waals surface area contributed by atoms with Crippen LogP contribution in [0.5, 0.6) is 0 Å². The van der Waals surface area contributed by atoms with Crippen LogP contribution in [0.2, 0.25) is 24.2 Å². The smallest absolute Gasteiger partial charge is 0.338 e. The SMILES string of the molecule is CCO[Si](C)(OCC)C1CCCCC1.CO[Si](C)(OC)C1CCCCC1. The summed E-state index contributed by atoms with van der Waals surface area (Å²) in [5.41, 5.74) is 1.46. The standard InChI is InChI=1S/C11H24O2Si.C9H20O2Si/c1-4-12-14(3,13-5-2)11-9-7-6-8-10-11;1-10-12(3,11-2)9-7-5-4-6-8-9/h11H,4-10H2,1-3H3;9H,4-8H2,1-3H3. The van der Waals surface area contributed by atoms with Crippen LogP contribution >= 0.6 is 0 Å². The van der Waals surface area contributed by atoms with Crippen LogP contribution in [-0.4, -0.2) is 44.6 Å². The molecular weight excluding hydrogens is 360 g/mol. The van der Waals surface area contributed by atoms with Crippen LogP contribution in [0.4, 0.5) is 0 Å². The van der Waals surface area contributed by atoms with Crippen LogP contribution in [0.3, 0.4) is 0 Å². The van der Waals surface area contributed by atoms with Crippen molar-refractivity contribution < 1.29 is 17.7 Å². The molecule has 0 heterocycles. The van der Waals surface area contributed by atoms with Crippen molar-refractivity contribution in [1.82, 2.24) is 0 Å². The van der Waals surface area contributed by atoms with Gasteiger partial charge < -0.3 is 17.7 Å². The van der Waals surface area contributed by atoms with Gasteiger partial charge in [-0.15, -0.1) is 0 Å². The molecule has 0 amide bonds.